The van der Waals surface area contributed by atoms with Crippen LogP contribution in [0, 0.1) is 5.92 Å². The van der Waals surface area contributed by atoms with Gasteiger partial charge in [0.25, 0.3) is 0 Å². The standard InChI is InChI=1S/C12H16BrNO/c1-2-14-7-9-5-10-6-11(13)3-4-12(10)15-8-9/h3-4,6,9,14H,2,5,7-8H2,1H3. The highest BCUT2D eigenvalue weighted by molar-refractivity contribution is 9.10. The minimum absolute atomic E-state index is 0.603. The lowest BCUT2D eigenvalue weighted by Crippen LogP contribution is -2.31. The highest BCUT2D eigenvalue weighted by Gasteiger charge is 2.19. The first-order chi connectivity index (χ1) is 7.29. The summed E-state index contributed by atoms with van der Waals surface area (Å²) < 4.78 is 6.86. The van der Waals surface area contributed by atoms with E-state index in [9.17, 15) is 0 Å². The van der Waals surface area contributed by atoms with Crippen molar-refractivity contribution in [3.05, 3.63) is 28.2 Å². The molecule has 0 aromatic heterocycles. The molecule has 15 heavy (non-hydrogen) atoms. The third kappa shape index (κ3) is 2.73. The summed E-state index contributed by atoms with van der Waals surface area (Å²) in [5, 5.41) is 3.37. The summed E-state index contributed by atoms with van der Waals surface area (Å²) >= 11 is 3.49. The van der Waals surface area contributed by atoms with Crippen LogP contribution in [0.15, 0.2) is 22.7 Å². The molecule has 0 amide bonds. The lowest BCUT2D eigenvalue weighted by molar-refractivity contribution is 0.219. The van der Waals surface area contributed by atoms with Crippen molar-refractivity contribution in [3.8, 4) is 5.75 Å². The van der Waals surface area contributed by atoms with Crippen molar-refractivity contribution in [2.24, 2.45) is 5.92 Å². The van der Waals surface area contributed by atoms with Gasteiger partial charge in [-0.05, 0) is 36.7 Å². The van der Waals surface area contributed by atoms with Gasteiger partial charge in [-0.25, -0.2) is 0 Å². The van der Waals surface area contributed by atoms with Crippen LogP contribution < -0.4 is 10.1 Å². The smallest absolute Gasteiger partial charge is 0.122 e. The fraction of sp³-hybridized carbons (Fsp3) is 0.500. The molecule has 1 unspecified atom stereocenters. The lowest BCUT2D eigenvalue weighted by atomic mass is 9.97. The van der Waals surface area contributed by atoms with Gasteiger partial charge in [0.05, 0.1) is 6.61 Å². The Labute approximate surface area is 99.1 Å². The largest absolute Gasteiger partial charge is 0.493 e. The molecule has 0 saturated carbocycles. The van der Waals surface area contributed by atoms with Crippen LogP contribution in [0.25, 0.3) is 0 Å². The lowest BCUT2D eigenvalue weighted by Gasteiger charge is -2.25. The Morgan fingerprint density at radius 3 is 3.20 bits per heavy atom. The second-order valence-corrected chi connectivity index (χ2v) is 4.86. The van der Waals surface area contributed by atoms with Crippen LogP contribution in [0.2, 0.25) is 0 Å². The van der Waals surface area contributed by atoms with E-state index in [1.807, 2.05) is 12.1 Å². The van der Waals surface area contributed by atoms with Crippen LogP contribution in [0.1, 0.15) is 12.5 Å². The van der Waals surface area contributed by atoms with E-state index in [0.717, 1.165) is 36.3 Å². The van der Waals surface area contributed by atoms with Crippen molar-refractivity contribution in [2.45, 2.75) is 13.3 Å². The molecule has 2 rings (SSSR count). The van der Waals surface area contributed by atoms with Crippen LogP contribution in [-0.4, -0.2) is 19.7 Å². The Hall–Kier alpha value is -0.540. The number of halogens is 1. The number of fused-ring (bicyclic) bond motifs is 1. The highest BCUT2D eigenvalue weighted by atomic mass is 79.9. The maximum atomic E-state index is 5.73. The molecule has 0 aliphatic carbocycles. The Morgan fingerprint density at radius 1 is 1.53 bits per heavy atom. The Balaban J connectivity index is 2.05. The number of hydrogen-bond acceptors (Lipinski definition) is 2. The molecule has 0 bridgehead atoms. The van der Waals surface area contributed by atoms with E-state index in [-0.39, 0.29) is 0 Å². The van der Waals surface area contributed by atoms with Crippen LogP contribution >= 0.6 is 15.9 Å². The summed E-state index contributed by atoms with van der Waals surface area (Å²) in [5.41, 5.74) is 1.32. The van der Waals surface area contributed by atoms with E-state index < -0.39 is 0 Å². The molecule has 1 N–H and O–H groups in total. The van der Waals surface area contributed by atoms with Crippen molar-refractivity contribution in [3.63, 3.8) is 0 Å². The Morgan fingerprint density at radius 2 is 2.40 bits per heavy atom. The maximum absolute atomic E-state index is 5.73. The monoisotopic (exact) mass is 269 g/mol. The van der Waals surface area contributed by atoms with Gasteiger partial charge in [-0.15, -0.1) is 0 Å². The van der Waals surface area contributed by atoms with Gasteiger partial charge in [0, 0.05) is 16.9 Å². The number of ether oxygens (including phenoxy) is 1. The fourth-order valence-corrected chi connectivity index (χ4v) is 2.31. The second kappa shape index (κ2) is 4.99. The SMILES string of the molecule is CCNCC1COc2ccc(Br)cc2C1. The molecule has 3 heteroatoms. The quantitative estimate of drug-likeness (QED) is 0.911. The van der Waals surface area contributed by atoms with E-state index in [1.54, 1.807) is 0 Å². The first-order valence-electron chi connectivity index (χ1n) is 5.41. The van der Waals surface area contributed by atoms with E-state index >= 15 is 0 Å². The van der Waals surface area contributed by atoms with Gasteiger partial charge >= 0.3 is 0 Å². The normalized spacial score (nSPS) is 19.5. The Kier molecular flexibility index (Phi) is 3.65. The van der Waals surface area contributed by atoms with E-state index in [1.165, 1.54) is 5.56 Å². The first kappa shape index (κ1) is 11.0. The van der Waals surface area contributed by atoms with Gasteiger partial charge in [0.1, 0.15) is 5.75 Å². The average Bonchev–Trinajstić information content (AvgIpc) is 2.25. The van der Waals surface area contributed by atoms with Gasteiger partial charge in [0.2, 0.25) is 0 Å². The fourth-order valence-electron chi connectivity index (χ4n) is 1.91. The summed E-state index contributed by atoms with van der Waals surface area (Å²) in [7, 11) is 0. The molecule has 0 saturated heterocycles. The van der Waals surface area contributed by atoms with Gasteiger partial charge in [-0.1, -0.05) is 22.9 Å². The molecule has 1 heterocycles. The highest BCUT2D eigenvalue weighted by Crippen LogP contribution is 2.29. The van der Waals surface area contributed by atoms with Gasteiger partial charge < -0.3 is 10.1 Å². The van der Waals surface area contributed by atoms with Crippen molar-refractivity contribution in [2.75, 3.05) is 19.7 Å². The molecule has 2 nitrogen and oxygen atoms in total. The first-order valence-corrected chi connectivity index (χ1v) is 6.21. The minimum Gasteiger partial charge on any atom is -0.493 e. The van der Waals surface area contributed by atoms with Crippen molar-refractivity contribution in [1.82, 2.24) is 5.32 Å². The van der Waals surface area contributed by atoms with Crippen LogP contribution in [0.4, 0.5) is 0 Å². The molecule has 0 fully saturated rings. The molecule has 1 atom stereocenters. The molecule has 0 spiro atoms. The van der Waals surface area contributed by atoms with Gasteiger partial charge in [0.15, 0.2) is 0 Å². The molecule has 1 aliphatic rings. The zero-order valence-electron chi connectivity index (χ0n) is 8.92. The summed E-state index contributed by atoms with van der Waals surface area (Å²) in [4.78, 5) is 0. The second-order valence-electron chi connectivity index (χ2n) is 3.94. The van der Waals surface area contributed by atoms with E-state index in [0.29, 0.717) is 5.92 Å². The van der Waals surface area contributed by atoms with Crippen molar-refractivity contribution >= 4 is 15.9 Å². The molecule has 1 aromatic rings. The van der Waals surface area contributed by atoms with Crippen molar-refractivity contribution in [1.29, 1.82) is 0 Å². The van der Waals surface area contributed by atoms with Gasteiger partial charge in [-0.3, -0.25) is 0 Å². The zero-order chi connectivity index (χ0) is 10.7. The van der Waals surface area contributed by atoms with E-state index in [2.05, 4.69) is 34.2 Å². The topological polar surface area (TPSA) is 21.3 Å². The number of rotatable bonds is 3. The average molecular weight is 270 g/mol. The van der Waals surface area contributed by atoms with E-state index in [4.69, 9.17) is 4.74 Å². The predicted octanol–water partition coefficient (Wildman–Crippen LogP) is 2.61. The van der Waals surface area contributed by atoms with Crippen LogP contribution in [0.3, 0.4) is 0 Å². The van der Waals surface area contributed by atoms with Gasteiger partial charge in [-0.2, -0.15) is 0 Å². The summed E-state index contributed by atoms with van der Waals surface area (Å²) in [6.45, 7) is 5.04. The summed E-state index contributed by atoms with van der Waals surface area (Å²) in [6.07, 6.45) is 1.11. The number of nitrogens with one attached hydrogen (secondary N) is 1. The van der Waals surface area contributed by atoms with Crippen LogP contribution in [-0.2, 0) is 6.42 Å². The number of benzene rings is 1. The number of hydrogen-bond donors (Lipinski definition) is 1. The van der Waals surface area contributed by atoms with Crippen molar-refractivity contribution < 1.29 is 4.74 Å². The molecular formula is C12H16BrNO. The third-order valence-corrected chi connectivity index (χ3v) is 3.18. The maximum Gasteiger partial charge on any atom is 0.122 e. The zero-order valence-corrected chi connectivity index (χ0v) is 10.5. The third-order valence-electron chi connectivity index (χ3n) is 2.69. The molecule has 82 valence electrons. The Bertz CT molecular complexity index is 340. The summed E-state index contributed by atoms with van der Waals surface area (Å²) in [6, 6.07) is 6.24. The predicted molar refractivity (Wildman–Crippen MR) is 65.4 cm³/mol. The molecule has 1 aromatic carbocycles. The molecular weight excluding hydrogens is 254 g/mol. The minimum atomic E-state index is 0.603. The van der Waals surface area contributed by atoms with Crippen LogP contribution in [0.5, 0.6) is 5.75 Å². The summed E-state index contributed by atoms with van der Waals surface area (Å²) in [5.74, 6) is 1.65. The molecule has 1 aliphatic heterocycles. The molecule has 0 radical (unpaired) electrons.